The van der Waals surface area contributed by atoms with E-state index < -0.39 is 6.04 Å². The molecular formula is C15H16N2O4. The lowest BCUT2D eigenvalue weighted by Gasteiger charge is -2.20. The Morgan fingerprint density at radius 1 is 1.38 bits per heavy atom. The second kappa shape index (κ2) is 3.90. The van der Waals surface area contributed by atoms with Crippen molar-refractivity contribution in [3.8, 4) is 11.5 Å². The number of fused-ring (bicyclic) bond motifs is 2. The summed E-state index contributed by atoms with van der Waals surface area (Å²) in [5.41, 5.74) is 0.886. The maximum absolute atomic E-state index is 12.8. The third-order valence-electron chi connectivity index (χ3n) is 4.84. The first-order valence-electron chi connectivity index (χ1n) is 7.06. The normalized spacial score (nSPS) is 25.2. The first-order valence-corrected chi connectivity index (χ1v) is 7.06. The molecule has 3 aliphatic rings. The van der Waals surface area contributed by atoms with Crippen LogP contribution in [0.1, 0.15) is 29.6 Å². The molecular weight excluding hydrogens is 272 g/mol. The van der Waals surface area contributed by atoms with E-state index in [1.807, 2.05) is 0 Å². The van der Waals surface area contributed by atoms with Gasteiger partial charge in [-0.3, -0.25) is 9.59 Å². The zero-order chi connectivity index (χ0) is 14.8. The monoisotopic (exact) mass is 288 g/mol. The molecule has 2 heterocycles. The Hall–Kier alpha value is -2.24. The lowest BCUT2D eigenvalue weighted by molar-refractivity contribution is -0.119. The third-order valence-corrected chi connectivity index (χ3v) is 4.84. The first kappa shape index (κ1) is 12.5. The molecule has 1 saturated carbocycles. The molecule has 0 bridgehead atoms. The van der Waals surface area contributed by atoms with Gasteiger partial charge in [-0.05, 0) is 30.7 Å². The molecule has 0 aromatic heterocycles. The van der Waals surface area contributed by atoms with Crippen molar-refractivity contribution in [2.75, 3.05) is 19.0 Å². The number of amides is 2. The highest BCUT2D eigenvalue weighted by atomic mass is 16.5. The number of methoxy groups -OCH3 is 1. The van der Waals surface area contributed by atoms with Crippen LogP contribution in [0, 0.1) is 5.41 Å². The number of carbonyl (C=O) groups is 2. The molecule has 6 heteroatoms. The maximum Gasteiger partial charge on any atom is 0.256 e. The lowest BCUT2D eigenvalue weighted by Crippen LogP contribution is -2.40. The molecule has 2 aliphatic heterocycles. The van der Waals surface area contributed by atoms with E-state index in [9.17, 15) is 14.7 Å². The van der Waals surface area contributed by atoms with Crippen LogP contribution >= 0.6 is 0 Å². The molecule has 0 radical (unpaired) electrons. The van der Waals surface area contributed by atoms with Gasteiger partial charge in [0.2, 0.25) is 5.91 Å². The van der Waals surface area contributed by atoms with Crippen molar-refractivity contribution >= 4 is 17.5 Å². The molecule has 2 amide bonds. The van der Waals surface area contributed by atoms with Crippen molar-refractivity contribution < 1.29 is 19.4 Å². The van der Waals surface area contributed by atoms with E-state index >= 15 is 0 Å². The summed E-state index contributed by atoms with van der Waals surface area (Å²) >= 11 is 0. The minimum absolute atomic E-state index is 0.0925. The van der Waals surface area contributed by atoms with Crippen LogP contribution in [0.4, 0.5) is 5.69 Å². The van der Waals surface area contributed by atoms with Crippen molar-refractivity contribution in [3.63, 3.8) is 0 Å². The molecule has 2 fully saturated rings. The quantitative estimate of drug-likeness (QED) is 0.817. The van der Waals surface area contributed by atoms with E-state index in [1.54, 1.807) is 4.90 Å². The third kappa shape index (κ3) is 1.71. The number of nitrogens with one attached hydrogen (secondary N) is 1. The molecule has 0 unspecified atom stereocenters. The van der Waals surface area contributed by atoms with Crippen LogP contribution in [0.15, 0.2) is 12.1 Å². The first-order chi connectivity index (χ1) is 10.0. The summed E-state index contributed by atoms with van der Waals surface area (Å²) in [5, 5.41) is 12.6. The van der Waals surface area contributed by atoms with Crippen molar-refractivity contribution in [3.05, 3.63) is 17.7 Å². The Balaban J connectivity index is 1.80. The zero-order valence-corrected chi connectivity index (χ0v) is 11.7. The molecule has 1 saturated heterocycles. The predicted molar refractivity (Wildman–Crippen MR) is 74.4 cm³/mol. The van der Waals surface area contributed by atoms with Crippen LogP contribution in [0.25, 0.3) is 0 Å². The number of rotatable bonds is 1. The van der Waals surface area contributed by atoms with Crippen molar-refractivity contribution in [1.82, 2.24) is 4.90 Å². The van der Waals surface area contributed by atoms with Crippen LogP contribution in [0.5, 0.6) is 11.5 Å². The van der Waals surface area contributed by atoms with Crippen LogP contribution < -0.4 is 10.1 Å². The second-order valence-corrected chi connectivity index (χ2v) is 6.21. The van der Waals surface area contributed by atoms with E-state index in [1.165, 1.54) is 19.2 Å². The maximum atomic E-state index is 12.8. The van der Waals surface area contributed by atoms with Crippen LogP contribution in [-0.4, -0.2) is 41.5 Å². The smallest absolute Gasteiger partial charge is 0.256 e. The second-order valence-electron chi connectivity index (χ2n) is 6.21. The summed E-state index contributed by atoms with van der Waals surface area (Å²) in [6, 6.07) is 2.47. The molecule has 110 valence electrons. The van der Waals surface area contributed by atoms with Gasteiger partial charge in [0.05, 0.1) is 18.4 Å². The Morgan fingerprint density at radius 3 is 2.81 bits per heavy atom. The standard InChI is InChI=1S/C15H16N2O4/c1-21-12-4-8-9(5-11(12)18)16-13(19)10-6-15(2-3-15)7-17(10)14(8)20/h4-5,10,18H,2-3,6-7H2,1H3,(H,16,19)/t10-/m0/s1. The Morgan fingerprint density at radius 2 is 2.14 bits per heavy atom. The van der Waals surface area contributed by atoms with E-state index in [0.29, 0.717) is 17.8 Å². The summed E-state index contributed by atoms with van der Waals surface area (Å²) in [5.74, 6) is -0.203. The molecule has 6 nitrogen and oxygen atoms in total. The van der Waals surface area contributed by atoms with Gasteiger partial charge >= 0.3 is 0 Å². The highest BCUT2D eigenvalue weighted by molar-refractivity contribution is 6.10. The van der Waals surface area contributed by atoms with Gasteiger partial charge in [0.1, 0.15) is 6.04 Å². The summed E-state index contributed by atoms with van der Waals surface area (Å²) in [7, 11) is 1.43. The largest absolute Gasteiger partial charge is 0.504 e. The number of benzene rings is 1. The Labute approximate surface area is 121 Å². The number of carbonyl (C=O) groups excluding carboxylic acids is 2. The molecule has 21 heavy (non-hydrogen) atoms. The topological polar surface area (TPSA) is 78.9 Å². The number of anilines is 1. The van der Waals surface area contributed by atoms with Crippen molar-refractivity contribution in [2.45, 2.75) is 25.3 Å². The zero-order valence-electron chi connectivity index (χ0n) is 11.7. The summed E-state index contributed by atoms with van der Waals surface area (Å²) in [6.07, 6.45) is 2.92. The van der Waals surface area contributed by atoms with Gasteiger partial charge < -0.3 is 20.1 Å². The number of phenols is 1. The molecule has 4 rings (SSSR count). The molecule has 1 spiro atoms. The van der Waals surface area contributed by atoms with E-state index in [2.05, 4.69) is 5.32 Å². The molecule has 1 aromatic rings. The van der Waals surface area contributed by atoms with Gasteiger partial charge in [-0.15, -0.1) is 0 Å². The fraction of sp³-hybridized carbons (Fsp3) is 0.467. The highest BCUT2D eigenvalue weighted by Gasteiger charge is 2.56. The number of nitrogens with zero attached hydrogens (tertiary/aromatic N) is 1. The number of hydrogen-bond donors (Lipinski definition) is 2. The Bertz CT molecular complexity index is 666. The molecule has 1 aliphatic carbocycles. The van der Waals surface area contributed by atoms with Crippen LogP contribution in [0.2, 0.25) is 0 Å². The minimum atomic E-state index is -0.402. The fourth-order valence-corrected chi connectivity index (χ4v) is 3.43. The molecule has 1 atom stereocenters. The average Bonchev–Trinajstić information content (AvgIpc) is 3.10. The Kier molecular flexibility index (Phi) is 2.32. The molecule has 2 N–H and O–H groups in total. The summed E-state index contributed by atoms with van der Waals surface area (Å²) in [6.45, 7) is 0.645. The average molecular weight is 288 g/mol. The fourth-order valence-electron chi connectivity index (χ4n) is 3.43. The highest BCUT2D eigenvalue weighted by Crippen LogP contribution is 2.55. The van der Waals surface area contributed by atoms with Gasteiger partial charge in [-0.25, -0.2) is 0 Å². The van der Waals surface area contributed by atoms with Gasteiger partial charge in [-0.2, -0.15) is 0 Å². The number of ether oxygens (including phenoxy) is 1. The SMILES string of the molecule is COc1cc2c(cc1O)NC(=O)[C@@H]1CC3(CC3)CN1C2=O. The number of aromatic hydroxyl groups is 1. The van der Waals surface area contributed by atoms with Gasteiger partial charge in [0.15, 0.2) is 11.5 Å². The van der Waals surface area contributed by atoms with Crippen molar-refractivity contribution in [2.24, 2.45) is 5.41 Å². The van der Waals surface area contributed by atoms with Gasteiger partial charge in [0.25, 0.3) is 5.91 Å². The van der Waals surface area contributed by atoms with Crippen LogP contribution in [0.3, 0.4) is 0 Å². The summed E-state index contributed by atoms with van der Waals surface area (Å²) < 4.78 is 5.06. The predicted octanol–water partition coefficient (Wildman–Crippen LogP) is 1.35. The van der Waals surface area contributed by atoms with Gasteiger partial charge in [-0.1, -0.05) is 0 Å². The van der Waals surface area contributed by atoms with E-state index in [-0.39, 0.29) is 28.7 Å². The van der Waals surface area contributed by atoms with Crippen molar-refractivity contribution in [1.29, 1.82) is 0 Å². The van der Waals surface area contributed by atoms with E-state index in [0.717, 1.165) is 19.3 Å². The number of phenolic OH excluding ortho intramolecular Hbond substituents is 1. The number of hydrogen-bond acceptors (Lipinski definition) is 4. The van der Waals surface area contributed by atoms with Crippen LogP contribution in [-0.2, 0) is 4.79 Å². The molecule has 1 aromatic carbocycles. The minimum Gasteiger partial charge on any atom is -0.504 e. The lowest BCUT2D eigenvalue weighted by atomic mass is 10.0. The summed E-state index contributed by atoms with van der Waals surface area (Å²) in [4.78, 5) is 26.8. The van der Waals surface area contributed by atoms with Gasteiger partial charge in [0, 0.05) is 12.6 Å². The van der Waals surface area contributed by atoms with E-state index in [4.69, 9.17) is 4.74 Å².